The zero-order valence-electron chi connectivity index (χ0n) is 11.6. The molecule has 0 spiro atoms. The average molecular weight is 305 g/mol. The van der Waals surface area contributed by atoms with Gasteiger partial charge in [-0.2, -0.15) is 0 Å². The molecule has 1 aliphatic heterocycles. The van der Waals surface area contributed by atoms with Gasteiger partial charge in [-0.15, -0.1) is 0 Å². The van der Waals surface area contributed by atoms with Crippen LogP contribution < -0.4 is 10.9 Å². The van der Waals surface area contributed by atoms with E-state index < -0.39 is 35.0 Å². The molecule has 1 aromatic carbocycles. The molecule has 1 saturated heterocycles. The quantitative estimate of drug-likeness (QED) is 0.748. The molecule has 1 atom stereocenters. The van der Waals surface area contributed by atoms with Crippen LogP contribution in [0.25, 0.3) is 10.9 Å². The Balaban J connectivity index is 2.25. The van der Waals surface area contributed by atoms with E-state index >= 15 is 0 Å². The Labute approximate surface area is 123 Å². The second kappa shape index (κ2) is 4.90. The van der Waals surface area contributed by atoms with E-state index in [4.69, 9.17) is 0 Å². The molecular formula is C14H12FN3O4. The Morgan fingerprint density at radius 3 is 2.77 bits per heavy atom. The van der Waals surface area contributed by atoms with Crippen LogP contribution in [0.1, 0.15) is 24.7 Å². The Morgan fingerprint density at radius 2 is 2.09 bits per heavy atom. The SMILES string of the molecule is Cc1nc2cc(F)cc(O)c2c(=O)n1C1CCC(=O)NC1=O. The number of hydrogen-bond acceptors (Lipinski definition) is 5. The summed E-state index contributed by atoms with van der Waals surface area (Å²) in [5, 5.41) is 11.8. The first-order valence-corrected chi connectivity index (χ1v) is 6.63. The van der Waals surface area contributed by atoms with Crippen LogP contribution in [0.15, 0.2) is 16.9 Å². The molecule has 1 aliphatic rings. The molecule has 0 saturated carbocycles. The molecule has 7 nitrogen and oxygen atoms in total. The van der Waals surface area contributed by atoms with Crippen LogP contribution in [-0.2, 0) is 9.59 Å². The van der Waals surface area contributed by atoms with Crippen LogP contribution in [-0.4, -0.2) is 26.5 Å². The highest BCUT2D eigenvalue weighted by molar-refractivity contribution is 5.99. The van der Waals surface area contributed by atoms with E-state index in [-0.39, 0.29) is 29.6 Å². The van der Waals surface area contributed by atoms with Gasteiger partial charge in [0.25, 0.3) is 5.56 Å². The standard InChI is InChI=1S/C14H12FN3O4/c1-6-16-8-4-7(15)5-10(19)12(8)14(22)18(6)9-2-3-11(20)17-13(9)21/h4-5,9,19H,2-3H2,1H3,(H,17,20,21). The minimum absolute atomic E-state index is 0.0172. The van der Waals surface area contributed by atoms with Crippen molar-refractivity contribution in [2.24, 2.45) is 0 Å². The highest BCUT2D eigenvalue weighted by atomic mass is 19.1. The van der Waals surface area contributed by atoms with Crippen molar-refractivity contribution in [3.63, 3.8) is 0 Å². The fourth-order valence-electron chi connectivity index (χ4n) is 2.68. The van der Waals surface area contributed by atoms with Crippen molar-refractivity contribution >= 4 is 22.7 Å². The maximum atomic E-state index is 13.3. The molecule has 2 aromatic rings. The summed E-state index contributed by atoms with van der Waals surface area (Å²) in [7, 11) is 0. The summed E-state index contributed by atoms with van der Waals surface area (Å²) in [6, 6.07) is 0.972. The number of amides is 2. The highest BCUT2D eigenvalue weighted by Gasteiger charge is 2.30. The fourth-order valence-corrected chi connectivity index (χ4v) is 2.68. The third kappa shape index (κ3) is 2.12. The lowest BCUT2D eigenvalue weighted by Crippen LogP contribution is -2.45. The molecule has 2 N–H and O–H groups in total. The Hall–Kier alpha value is -2.77. The molecule has 22 heavy (non-hydrogen) atoms. The lowest BCUT2D eigenvalue weighted by molar-refractivity contribution is -0.135. The number of rotatable bonds is 1. The van der Waals surface area contributed by atoms with Crippen LogP contribution in [0.2, 0.25) is 0 Å². The van der Waals surface area contributed by atoms with Gasteiger partial charge in [-0.05, 0) is 13.3 Å². The number of aromatic hydroxyl groups is 1. The van der Waals surface area contributed by atoms with Crippen LogP contribution in [0.3, 0.4) is 0 Å². The number of aromatic nitrogens is 2. The van der Waals surface area contributed by atoms with Crippen molar-refractivity contribution in [1.29, 1.82) is 0 Å². The first-order chi connectivity index (χ1) is 10.4. The first kappa shape index (κ1) is 14.2. The number of phenolic OH excluding ortho intramolecular Hbond substituents is 1. The number of fused-ring (bicyclic) bond motifs is 1. The maximum absolute atomic E-state index is 13.3. The van der Waals surface area contributed by atoms with Gasteiger partial charge in [0.05, 0.1) is 5.52 Å². The van der Waals surface area contributed by atoms with Crippen molar-refractivity contribution < 1.29 is 19.1 Å². The van der Waals surface area contributed by atoms with E-state index in [0.29, 0.717) is 0 Å². The van der Waals surface area contributed by atoms with Crippen LogP contribution >= 0.6 is 0 Å². The van der Waals surface area contributed by atoms with Gasteiger partial charge in [0.2, 0.25) is 11.8 Å². The van der Waals surface area contributed by atoms with E-state index in [1.165, 1.54) is 6.92 Å². The smallest absolute Gasteiger partial charge is 0.265 e. The van der Waals surface area contributed by atoms with Crippen LogP contribution in [0.5, 0.6) is 5.75 Å². The van der Waals surface area contributed by atoms with Gasteiger partial charge >= 0.3 is 0 Å². The number of piperidine rings is 1. The molecule has 2 amide bonds. The number of aryl methyl sites for hydroxylation is 1. The van der Waals surface area contributed by atoms with Gasteiger partial charge in [0.15, 0.2) is 0 Å². The minimum atomic E-state index is -0.883. The summed E-state index contributed by atoms with van der Waals surface area (Å²) in [4.78, 5) is 39.8. The summed E-state index contributed by atoms with van der Waals surface area (Å²) in [5.74, 6) is -2.03. The van der Waals surface area contributed by atoms with E-state index in [1.807, 2.05) is 0 Å². The van der Waals surface area contributed by atoms with Crippen molar-refractivity contribution in [3.8, 4) is 5.75 Å². The number of benzene rings is 1. The van der Waals surface area contributed by atoms with Gasteiger partial charge in [0, 0.05) is 18.6 Å². The average Bonchev–Trinajstić information content (AvgIpc) is 2.39. The van der Waals surface area contributed by atoms with Crippen molar-refractivity contribution in [3.05, 3.63) is 34.1 Å². The molecular weight excluding hydrogens is 293 g/mol. The molecule has 0 aliphatic carbocycles. The number of hydrogen-bond donors (Lipinski definition) is 2. The van der Waals surface area contributed by atoms with Gasteiger partial charge in [0.1, 0.15) is 28.8 Å². The summed E-state index contributed by atoms with van der Waals surface area (Å²) < 4.78 is 14.4. The van der Waals surface area contributed by atoms with Crippen molar-refractivity contribution in [2.45, 2.75) is 25.8 Å². The van der Waals surface area contributed by atoms with Crippen LogP contribution in [0, 0.1) is 12.7 Å². The van der Waals surface area contributed by atoms with E-state index in [0.717, 1.165) is 16.7 Å². The molecule has 0 radical (unpaired) electrons. The monoisotopic (exact) mass is 305 g/mol. The molecule has 0 bridgehead atoms. The predicted molar refractivity (Wildman–Crippen MR) is 73.8 cm³/mol. The molecule has 2 heterocycles. The maximum Gasteiger partial charge on any atom is 0.265 e. The van der Waals surface area contributed by atoms with Crippen molar-refractivity contribution in [1.82, 2.24) is 14.9 Å². The normalized spacial score (nSPS) is 18.5. The Morgan fingerprint density at radius 1 is 1.36 bits per heavy atom. The van der Waals surface area contributed by atoms with E-state index in [1.54, 1.807) is 0 Å². The number of imide groups is 1. The first-order valence-electron chi connectivity index (χ1n) is 6.63. The molecule has 1 fully saturated rings. The number of nitrogens with one attached hydrogen (secondary N) is 1. The highest BCUT2D eigenvalue weighted by Crippen LogP contribution is 2.24. The number of carbonyl (C=O) groups is 2. The molecule has 114 valence electrons. The topological polar surface area (TPSA) is 101 Å². The molecule has 1 unspecified atom stereocenters. The third-order valence-corrected chi connectivity index (χ3v) is 3.65. The molecule has 3 rings (SSSR count). The van der Waals surface area contributed by atoms with Crippen molar-refractivity contribution in [2.75, 3.05) is 0 Å². The van der Waals surface area contributed by atoms with Gasteiger partial charge in [-0.1, -0.05) is 0 Å². The number of carbonyl (C=O) groups excluding carboxylic acids is 2. The second-order valence-electron chi connectivity index (χ2n) is 5.12. The summed E-state index contributed by atoms with van der Waals surface area (Å²) in [6.45, 7) is 1.51. The lowest BCUT2D eigenvalue weighted by Gasteiger charge is -2.24. The summed E-state index contributed by atoms with van der Waals surface area (Å²) in [6.07, 6.45) is 0.274. The van der Waals surface area contributed by atoms with Crippen LogP contribution in [0.4, 0.5) is 4.39 Å². The zero-order valence-corrected chi connectivity index (χ0v) is 11.6. The van der Waals surface area contributed by atoms with E-state index in [9.17, 15) is 23.9 Å². The lowest BCUT2D eigenvalue weighted by atomic mass is 10.1. The largest absolute Gasteiger partial charge is 0.507 e. The summed E-state index contributed by atoms with van der Waals surface area (Å²) >= 11 is 0. The van der Waals surface area contributed by atoms with E-state index in [2.05, 4.69) is 10.3 Å². The van der Waals surface area contributed by atoms with Gasteiger partial charge < -0.3 is 5.11 Å². The third-order valence-electron chi connectivity index (χ3n) is 3.65. The molecule has 1 aromatic heterocycles. The number of halogens is 1. The van der Waals surface area contributed by atoms with Gasteiger partial charge in [-0.3, -0.25) is 24.3 Å². The van der Waals surface area contributed by atoms with Gasteiger partial charge in [-0.25, -0.2) is 9.37 Å². The Bertz CT molecular complexity index is 874. The number of phenols is 1. The minimum Gasteiger partial charge on any atom is -0.507 e. The predicted octanol–water partition coefficient (Wildman–Crippen LogP) is 0.527. The Kier molecular flexibility index (Phi) is 3.16. The summed E-state index contributed by atoms with van der Waals surface area (Å²) in [5.41, 5.74) is -0.627. The molecule has 8 heteroatoms. The fraction of sp³-hybridized carbons (Fsp3) is 0.286. The second-order valence-corrected chi connectivity index (χ2v) is 5.12. The number of nitrogens with zero attached hydrogens (tertiary/aromatic N) is 2. The zero-order chi connectivity index (χ0) is 16.0.